The van der Waals surface area contributed by atoms with E-state index in [2.05, 4.69) is 20.8 Å². The summed E-state index contributed by atoms with van der Waals surface area (Å²) in [6.45, 7) is 8.96. The molecule has 2 heterocycles. The summed E-state index contributed by atoms with van der Waals surface area (Å²) >= 11 is 1.48. The van der Waals surface area contributed by atoms with Crippen LogP contribution in [0, 0.1) is 6.92 Å². The van der Waals surface area contributed by atoms with E-state index in [4.69, 9.17) is 9.47 Å². The lowest BCUT2D eigenvalue weighted by Gasteiger charge is -2.25. The van der Waals surface area contributed by atoms with Gasteiger partial charge in [-0.05, 0) is 54.0 Å². The number of benzene rings is 1. The van der Waals surface area contributed by atoms with E-state index in [1.54, 1.807) is 31.3 Å². The molecule has 0 spiro atoms. The first-order chi connectivity index (χ1) is 15.1. The second kappa shape index (κ2) is 9.46. The average Bonchev–Trinajstić information content (AvgIpc) is 3.28. The summed E-state index contributed by atoms with van der Waals surface area (Å²) in [6, 6.07) is 6.69. The molecular weight excluding hydrogens is 426 g/mol. The number of rotatable bonds is 7. The van der Waals surface area contributed by atoms with Crippen molar-refractivity contribution in [2.45, 2.75) is 45.6 Å². The average molecular weight is 458 g/mol. The van der Waals surface area contributed by atoms with E-state index in [0.717, 1.165) is 16.0 Å². The lowest BCUT2D eigenvalue weighted by Crippen LogP contribution is -2.31. The van der Waals surface area contributed by atoms with Gasteiger partial charge in [-0.25, -0.2) is 0 Å². The molecule has 1 atom stereocenters. The predicted octanol–water partition coefficient (Wildman–Crippen LogP) is 4.82. The largest absolute Gasteiger partial charge is 0.507 e. The molecule has 2 aromatic rings. The fraction of sp³-hybridized carbons (Fsp3) is 0.440. The van der Waals surface area contributed by atoms with E-state index in [0.29, 0.717) is 30.9 Å². The van der Waals surface area contributed by atoms with Crippen molar-refractivity contribution in [2.75, 3.05) is 27.4 Å². The maximum absolute atomic E-state index is 13.1. The van der Waals surface area contributed by atoms with Crippen LogP contribution < -0.4 is 4.74 Å². The molecule has 0 aliphatic carbocycles. The van der Waals surface area contributed by atoms with Crippen molar-refractivity contribution in [3.05, 3.63) is 56.8 Å². The lowest BCUT2D eigenvalue weighted by molar-refractivity contribution is -0.140. The van der Waals surface area contributed by atoms with Gasteiger partial charge in [0.1, 0.15) is 11.5 Å². The summed E-state index contributed by atoms with van der Waals surface area (Å²) in [6.07, 6.45) is 0.598. The number of carbonyl (C=O) groups is 2. The van der Waals surface area contributed by atoms with Gasteiger partial charge in [0.15, 0.2) is 0 Å². The van der Waals surface area contributed by atoms with E-state index in [1.807, 2.05) is 24.4 Å². The number of aryl methyl sites for hydroxylation is 1. The Bertz CT molecular complexity index is 1050. The highest BCUT2D eigenvalue weighted by molar-refractivity contribution is 7.10. The number of Topliss-reactive ketones (excluding diaryl/α,β-unsaturated/α-hetero) is 1. The molecule has 1 unspecified atom stereocenters. The number of ether oxygens (including phenoxy) is 2. The van der Waals surface area contributed by atoms with Crippen molar-refractivity contribution in [3.8, 4) is 5.75 Å². The fourth-order valence-corrected chi connectivity index (χ4v) is 5.07. The minimum absolute atomic E-state index is 0.128. The molecule has 1 aliphatic heterocycles. The number of thiophene rings is 1. The highest BCUT2D eigenvalue weighted by atomic mass is 32.1. The third-order valence-electron chi connectivity index (χ3n) is 5.72. The van der Waals surface area contributed by atoms with Crippen LogP contribution in [-0.2, 0) is 19.7 Å². The van der Waals surface area contributed by atoms with Crippen molar-refractivity contribution < 1.29 is 24.2 Å². The van der Waals surface area contributed by atoms with Crippen LogP contribution in [0.15, 0.2) is 35.2 Å². The molecule has 6 nitrogen and oxygen atoms in total. The molecule has 1 amide bonds. The number of aliphatic hydroxyl groups excluding tert-OH is 1. The Morgan fingerprint density at radius 3 is 2.47 bits per heavy atom. The first-order valence-electron chi connectivity index (χ1n) is 10.6. The van der Waals surface area contributed by atoms with Crippen molar-refractivity contribution in [2.24, 2.45) is 0 Å². The van der Waals surface area contributed by atoms with Crippen molar-refractivity contribution in [1.29, 1.82) is 0 Å². The molecule has 3 rings (SSSR count). The van der Waals surface area contributed by atoms with Crippen LogP contribution in [0.1, 0.15) is 54.8 Å². The van der Waals surface area contributed by atoms with Gasteiger partial charge in [0.05, 0.1) is 18.7 Å². The van der Waals surface area contributed by atoms with Crippen molar-refractivity contribution in [3.63, 3.8) is 0 Å². The van der Waals surface area contributed by atoms with Crippen LogP contribution in [0.3, 0.4) is 0 Å². The number of carbonyl (C=O) groups excluding carboxylic acids is 2. The van der Waals surface area contributed by atoms with Gasteiger partial charge in [-0.15, -0.1) is 11.3 Å². The summed E-state index contributed by atoms with van der Waals surface area (Å²) < 4.78 is 10.6. The highest BCUT2D eigenvalue weighted by Gasteiger charge is 2.46. The van der Waals surface area contributed by atoms with Crippen molar-refractivity contribution in [1.82, 2.24) is 4.90 Å². The first-order valence-corrected chi connectivity index (χ1v) is 11.5. The minimum atomic E-state index is -0.661. The summed E-state index contributed by atoms with van der Waals surface area (Å²) in [4.78, 5) is 28.5. The summed E-state index contributed by atoms with van der Waals surface area (Å²) in [5, 5.41) is 13.3. The number of aliphatic hydroxyl groups is 1. The van der Waals surface area contributed by atoms with Gasteiger partial charge in [0.2, 0.25) is 0 Å². The smallest absolute Gasteiger partial charge is 0.295 e. The minimum Gasteiger partial charge on any atom is -0.507 e. The maximum atomic E-state index is 13.1. The topological polar surface area (TPSA) is 76.1 Å². The summed E-state index contributed by atoms with van der Waals surface area (Å²) in [5.41, 5.74) is 2.27. The van der Waals surface area contributed by atoms with Gasteiger partial charge in [-0.3, -0.25) is 9.59 Å². The Hall–Kier alpha value is -2.64. The normalized spacial score (nSPS) is 18.4. The number of ketones is 1. The number of nitrogens with zero attached hydrogens (tertiary/aromatic N) is 1. The third-order valence-corrected chi connectivity index (χ3v) is 6.79. The Kier molecular flexibility index (Phi) is 7.10. The van der Waals surface area contributed by atoms with Gasteiger partial charge < -0.3 is 19.5 Å². The Labute approximate surface area is 193 Å². The maximum Gasteiger partial charge on any atom is 0.295 e. The molecular formula is C25H31NO5S. The standard InChI is InChI=1S/C25H31NO5S/c1-15-10-13-32-23(15)20-19(22(28)24(29)26(20)11-7-12-30-5)21(27)16-8-9-18(31-6)17(14-16)25(2,3)4/h8-10,13-14,20,27H,7,11-12H2,1-6H3/b21-19-. The van der Waals surface area contributed by atoms with E-state index < -0.39 is 17.7 Å². The summed E-state index contributed by atoms with van der Waals surface area (Å²) in [5.74, 6) is -0.709. The zero-order valence-electron chi connectivity index (χ0n) is 19.5. The highest BCUT2D eigenvalue weighted by Crippen LogP contribution is 2.43. The predicted molar refractivity (Wildman–Crippen MR) is 126 cm³/mol. The van der Waals surface area contributed by atoms with Gasteiger partial charge in [0, 0.05) is 36.3 Å². The zero-order valence-corrected chi connectivity index (χ0v) is 20.3. The number of amides is 1. The lowest BCUT2D eigenvalue weighted by atomic mass is 9.84. The first kappa shape index (κ1) is 24.0. The molecule has 0 saturated carbocycles. The molecule has 0 bridgehead atoms. The second-order valence-corrected chi connectivity index (χ2v) is 9.92. The third kappa shape index (κ3) is 4.45. The number of methoxy groups -OCH3 is 2. The van der Waals surface area contributed by atoms with Crippen LogP contribution in [-0.4, -0.2) is 49.1 Å². The zero-order chi connectivity index (χ0) is 23.6. The Morgan fingerprint density at radius 2 is 1.91 bits per heavy atom. The van der Waals surface area contributed by atoms with Crippen LogP contribution >= 0.6 is 11.3 Å². The molecule has 7 heteroatoms. The van der Waals surface area contributed by atoms with Crippen LogP contribution in [0.5, 0.6) is 5.75 Å². The van der Waals surface area contributed by atoms with Gasteiger partial charge in [-0.1, -0.05) is 20.8 Å². The SMILES string of the molecule is COCCCN1C(=O)C(=O)/C(=C(\O)c2ccc(OC)c(C(C)(C)C)c2)C1c1sccc1C. The number of likely N-dealkylation sites (tertiary alicyclic amines) is 1. The molecule has 1 aromatic carbocycles. The number of hydrogen-bond acceptors (Lipinski definition) is 6. The fourth-order valence-electron chi connectivity index (χ4n) is 4.02. The molecule has 172 valence electrons. The number of hydrogen-bond donors (Lipinski definition) is 1. The van der Waals surface area contributed by atoms with E-state index in [-0.39, 0.29) is 16.7 Å². The van der Waals surface area contributed by atoms with Crippen LogP contribution in [0.2, 0.25) is 0 Å². The van der Waals surface area contributed by atoms with Gasteiger partial charge in [-0.2, -0.15) is 0 Å². The molecule has 1 aromatic heterocycles. The molecule has 1 N–H and O–H groups in total. The monoisotopic (exact) mass is 457 g/mol. The Morgan fingerprint density at radius 1 is 1.19 bits per heavy atom. The molecule has 32 heavy (non-hydrogen) atoms. The second-order valence-electron chi connectivity index (χ2n) is 8.97. The summed E-state index contributed by atoms with van der Waals surface area (Å²) in [7, 11) is 3.21. The molecule has 1 aliphatic rings. The van der Waals surface area contributed by atoms with Crippen LogP contribution in [0.4, 0.5) is 0 Å². The van der Waals surface area contributed by atoms with Gasteiger partial charge >= 0.3 is 0 Å². The molecule has 1 saturated heterocycles. The molecule has 0 radical (unpaired) electrons. The quantitative estimate of drug-likeness (QED) is 0.279. The Balaban J connectivity index is 2.17. The van der Waals surface area contributed by atoms with E-state index >= 15 is 0 Å². The van der Waals surface area contributed by atoms with E-state index in [1.165, 1.54) is 11.3 Å². The van der Waals surface area contributed by atoms with E-state index in [9.17, 15) is 14.7 Å². The van der Waals surface area contributed by atoms with Gasteiger partial charge in [0.25, 0.3) is 11.7 Å². The van der Waals surface area contributed by atoms with Crippen LogP contribution in [0.25, 0.3) is 5.76 Å². The molecule has 1 fully saturated rings. The van der Waals surface area contributed by atoms with Crippen molar-refractivity contribution >= 4 is 28.8 Å².